The molecule has 0 saturated carbocycles. The SMILES string of the molecule is CC(NS(=O)(=O)c1cnccc1NN)c1ccc(Cl)cc1. The van der Waals surface area contributed by atoms with Crippen LogP contribution in [0, 0.1) is 0 Å². The highest BCUT2D eigenvalue weighted by Crippen LogP contribution is 2.22. The van der Waals surface area contributed by atoms with Crippen molar-refractivity contribution < 1.29 is 8.42 Å². The summed E-state index contributed by atoms with van der Waals surface area (Å²) in [7, 11) is -3.75. The summed E-state index contributed by atoms with van der Waals surface area (Å²) in [5, 5.41) is 0.593. The van der Waals surface area contributed by atoms with Gasteiger partial charge in [0.05, 0.1) is 5.69 Å². The summed E-state index contributed by atoms with van der Waals surface area (Å²) in [5.41, 5.74) is 3.42. The predicted molar refractivity (Wildman–Crippen MR) is 82.2 cm³/mol. The van der Waals surface area contributed by atoms with Gasteiger partial charge in [-0.3, -0.25) is 10.8 Å². The molecule has 0 fully saturated rings. The topological polar surface area (TPSA) is 97.1 Å². The van der Waals surface area contributed by atoms with Gasteiger partial charge in [0.2, 0.25) is 10.0 Å². The minimum absolute atomic E-state index is 0.00619. The van der Waals surface area contributed by atoms with Crippen LogP contribution >= 0.6 is 11.6 Å². The smallest absolute Gasteiger partial charge is 0.244 e. The number of hydrogen-bond donors (Lipinski definition) is 3. The Balaban J connectivity index is 2.26. The van der Waals surface area contributed by atoms with Gasteiger partial charge in [-0.1, -0.05) is 23.7 Å². The minimum Gasteiger partial charge on any atom is -0.323 e. The molecule has 1 aromatic heterocycles. The van der Waals surface area contributed by atoms with E-state index in [1.165, 1.54) is 18.5 Å². The molecule has 2 rings (SSSR count). The second-order valence-electron chi connectivity index (χ2n) is 4.41. The molecule has 0 bridgehead atoms. The second kappa shape index (κ2) is 6.40. The number of benzene rings is 1. The number of hydrazine groups is 1. The molecule has 0 aliphatic heterocycles. The minimum atomic E-state index is -3.75. The molecule has 1 heterocycles. The Labute approximate surface area is 128 Å². The average molecular weight is 327 g/mol. The Morgan fingerprint density at radius 2 is 1.90 bits per heavy atom. The van der Waals surface area contributed by atoms with Crippen LogP contribution in [-0.4, -0.2) is 13.4 Å². The fourth-order valence-electron chi connectivity index (χ4n) is 1.83. The van der Waals surface area contributed by atoms with E-state index in [9.17, 15) is 8.42 Å². The van der Waals surface area contributed by atoms with Crippen LogP contribution in [0.25, 0.3) is 0 Å². The van der Waals surface area contributed by atoms with E-state index in [-0.39, 0.29) is 10.6 Å². The molecule has 0 aliphatic rings. The number of halogens is 1. The third kappa shape index (κ3) is 3.70. The van der Waals surface area contributed by atoms with Crippen molar-refractivity contribution in [3.8, 4) is 0 Å². The Hall–Kier alpha value is -1.67. The highest BCUT2D eigenvalue weighted by molar-refractivity contribution is 7.89. The van der Waals surface area contributed by atoms with Gasteiger partial charge in [0.15, 0.2) is 0 Å². The van der Waals surface area contributed by atoms with Crippen LogP contribution in [0.15, 0.2) is 47.6 Å². The summed E-state index contributed by atoms with van der Waals surface area (Å²) in [6.45, 7) is 1.74. The fourth-order valence-corrected chi connectivity index (χ4v) is 3.30. The van der Waals surface area contributed by atoms with E-state index < -0.39 is 16.1 Å². The van der Waals surface area contributed by atoms with Crippen LogP contribution in [0.5, 0.6) is 0 Å². The van der Waals surface area contributed by atoms with Crippen LogP contribution in [0.4, 0.5) is 5.69 Å². The van der Waals surface area contributed by atoms with Crippen molar-refractivity contribution in [3.05, 3.63) is 53.3 Å². The molecule has 0 aliphatic carbocycles. The third-order valence-corrected chi connectivity index (χ3v) is 4.75. The highest BCUT2D eigenvalue weighted by atomic mass is 35.5. The van der Waals surface area contributed by atoms with E-state index in [1.54, 1.807) is 31.2 Å². The quantitative estimate of drug-likeness (QED) is 0.577. The summed E-state index contributed by atoms with van der Waals surface area (Å²) in [6.07, 6.45) is 2.70. The summed E-state index contributed by atoms with van der Waals surface area (Å²) < 4.78 is 27.4. The van der Waals surface area contributed by atoms with Gasteiger partial charge in [0.1, 0.15) is 4.90 Å². The lowest BCUT2D eigenvalue weighted by atomic mass is 10.1. The van der Waals surface area contributed by atoms with Crippen LogP contribution in [0.3, 0.4) is 0 Å². The van der Waals surface area contributed by atoms with Gasteiger partial charge in [-0.05, 0) is 30.7 Å². The molecule has 1 unspecified atom stereocenters. The molecule has 21 heavy (non-hydrogen) atoms. The van der Waals surface area contributed by atoms with E-state index >= 15 is 0 Å². The molecule has 8 heteroatoms. The molecule has 2 aromatic rings. The van der Waals surface area contributed by atoms with Crippen molar-refractivity contribution in [3.63, 3.8) is 0 Å². The van der Waals surface area contributed by atoms with Crippen molar-refractivity contribution in [2.24, 2.45) is 5.84 Å². The van der Waals surface area contributed by atoms with E-state index in [0.717, 1.165) is 5.56 Å². The second-order valence-corrected chi connectivity index (χ2v) is 6.53. The van der Waals surface area contributed by atoms with E-state index in [2.05, 4.69) is 15.1 Å². The zero-order valence-corrected chi connectivity index (χ0v) is 12.8. The van der Waals surface area contributed by atoms with E-state index in [4.69, 9.17) is 17.4 Å². The number of rotatable bonds is 5. The molecule has 4 N–H and O–H groups in total. The average Bonchev–Trinajstić information content (AvgIpc) is 2.47. The maximum Gasteiger partial charge on any atom is 0.244 e. The van der Waals surface area contributed by atoms with Gasteiger partial charge in [0, 0.05) is 23.5 Å². The Morgan fingerprint density at radius 3 is 2.52 bits per heavy atom. The maximum atomic E-state index is 12.4. The first kappa shape index (κ1) is 15.7. The first-order chi connectivity index (χ1) is 9.94. The van der Waals surface area contributed by atoms with Crippen LogP contribution in [0.2, 0.25) is 5.02 Å². The molecule has 0 saturated heterocycles. The summed E-state index contributed by atoms with van der Waals surface area (Å²) in [6, 6.07) is 8.01. The van der Waals surface area contributed by atoms with Crippen LogP contribution in [0.1, 0.15) is 18.5 Å². The number of nitrogens with one attached hydrogen (secondary N) is 2. The van der Waals surface area contributed by atoms with Gasteiger partial charge in [-0.2, -0.15) is 0 Å². The summed E-state index contributed by atoms with van der Waals surface area (Å²) >= 11 is 5.82. The Morgan fingerprint density at radius 1 is 1.24 bits per heavy atom. The molecule has 1 atom stereocenters. The number of hydrogen-bond acceptors (Lipinski definition) is 5. The largest absolute Gasteiger partial charge is 0.323 e. The molecular formula is C13H15ClN4O2S. The first-order valence-corrected chi connectivity index (χ1v) is 7.98. The van der Waals surface area contributed by atoms with Gasteiger partial charge in [-0.25, -0.2) is 13.1 Å². The Kier molecular flexibility index (Phi) is 4.79. The maximum absolute atomic E-state index is 12.4. The standard InChI is InChI=1S/C13H15ClN4O2S/c1-9(10-2-4-11(14)5-3-10)18-21(19,20)13-8-16-7-6-12(13)17-15/h2-9,18H,15H2,1H3,(H,16,17). The monoisotopic (exact) mass is 326 g/mol. The number of aromatic nitrogens is 1. The summed E-state index contributed by atoms with van der Waals surface area (Å²) in [5.74, 6) is 5.32. The lowest BCUT2D eigenvalue weighted by Gasteiger charge is -2.16. The zero-order chi connectivity index (χ0) is 15.5. The lowest BCUT2D eigenvalue weighted by molar-refractivity contribution is 0.567. The Bertz CT molecular complexity index is 719. The van der Waals surface area contributed by atoms with Gasteiger partial charge in [0.25, 0.3) is 0 Å². The van der Waals surface area contributed by atoms with Crippen molar-refractivity contribution >= 4 is 27.3 Å². The molecule has 6 nitrogen and oxygen atoms in total. The van der Waals surface area contributed by atoms with Gasteiger partial charge in [-0.15, -0.1) is 0 Å². The highest BCUT2D eigenvalue weighted by Gasteiger charge is 2.21. The first-order valence-electron chi connectivity index (χ1n) is 6.12. The molecule has 0 radical (unpaired) electrons. The summed E-state index contributed by atoms with van der Waals surface area (Å²) in [4.78, 5) is 3.81. The zero-order valence-electron chi connectivity index (χ0n) is 11.2. The predicted octanol–water partition coefficient (Wildman–Crippen LogP) is 2.06. The van der Waals surface area contributed by atoms with Gasteiger partial charge >= 0.3 is 0 Å². The lowest BCUT2D eigenvalue weighted by Crippen LogP contribution is -2.28. The fraction of sp³-hybridized carbons (Fsp3) is 0.154. The van der Waals surface area contributed by atoms with E-state index in [1.807, 2.05) is 0 Å². The number of nitrogens with two attached hydrogens (primary N) is 1. The van der Waals surface area contributed by atoms with Crippen molar-refractivity contribution in [1.29, 1.82) is 0 Å². The number of sulfonamides is 1. The molecular weight excluding hydrogens is 312 g/mol. The van der Waals surface area contributed by atoms with Gasteiger partial charge < -0.3 is 5.43 Å². The molecule has 112 valence electrons. The number of pyridine rings is 1. The number of nitrogens with zero attached hydrogens (tertiary/aromatic N) is 1. The molecule has 1 aromatic carbocycles. The normalized spacial score (nSPS) is 12.9. The molecule has 0 amide bonds. The third-order valence-electron chi connectivity index (χ3n) is 2.93. The number of nitrogen functional groups attached to an aromatic ring is 1. The molecule has 0 spiro atoms. The van der Waals surface area contributed by atoms with Crippen molar-refractivity contribution in [1.82, 2.24) is 9.71 Å². The van der Waals surface area contributed by atoms with E-state index in [0.29, 0.717) is 5.02 Å². The number of anilines is 1. The van der Waals surface area contributed by atoms with Crippen LogP contribution < -0.4 is 16.0 Å². The van der Waals surface area contributed by atoms with Crippen LogP contribution in [-0.2, 0) is 10.0 Å². The van der Waals surface area contributed by atoms with Crippen molar-refractivity contribution in [2.45, 2.75) is 17.9 Å². The van der Waals surface area contributed by atoms with Crippen molar-refractivity contribution in [2.75, 3.05) is 5.43 Å².